The van der Waals surface area contributed by atoms with Gasteiger partial charge in [-0.1, -0.05) is 0 Å². The Morgan fingerprint density at radius 3 is 2.46 bits per heavy atom. The number of aliphatic hydroxyl groups excluding tert-OH is 1. The zero-order chi connectivity index (χ0) is 9.90. The first-order valence-corrected chi connectivity index (χ1v) is 5.77. The summed E-state index contributed by atoms with van der Waals surface area (Å²) >= 11 is 0. The van der Waals surface area contributed by atoms with Gasteiger partial charge in [0.2, 0.25) is 10.0 Å². The van der Waals surface area contributed by atoms with Crippen molar-refractivity contribution in [1.29, 1.82) is 0 Å². The monoisotopic (exact) mass is 209 g/mol. The van der Waals surface area contributed by atoms with E-state index >= 15 is 0 Å². The summed E-state index contributed by atoms with van der Waals surface area (Å²) < 4.78 is 29.7. The SMILES string of the molecule is CC(CO)S(=O)(=O)N1CCOCC1. The summed E-state index contributed by atoms with van der Waals surface area (Å²) in [6.07, 6.45) is 0. The van der Waals surface area contributed by atoms with E-state index in [1.165, 1.54) is 11.2 Å². The highest BCUT2D eigenvalue weighted by Gasteiger charge is 2.29. The van der Waals surface area contributed by atoms with Crippen LogP contribution in [0.15, 0.2) is 0 Å². The van der Waals surface area contributed by atoms with E-state index in [1.807, 2.05) is 0 Å². The molecular formula is C7H15NO4S. The lowest BCUT2D eigenvalue weighted by molar-refractivity contribution is 0.0723. The molecule has 0 radical (unpaired) electrons. The molecule has 0 saturated carbocycles. The molecule has 0 bridgehead atoms. The maximum atomic E-state index is 11.6. The van der Waals surface area contributed by atoms with Crippen LogP contribution >= 0.6 is 0 Å². The van der Waals surface area contributed by atoms with E-state index in [0.717, 1.165) is 0 Å². The second kappa shape index (κ2) is 4.36. The first-order valence-electron chi connectivity index (χ1n) is 4.26. The van der Waals surface area contributed by atoms with Crippen LogP contribution < -0.4 is 0 Å². The van der Waals surface area contributed by atoms with Crippen molar-refractivity contribution in [3.63, 3.8) is 0 Å². The minimum Gasteiger partial charge on any atom is -0.395 e. The predicted molar refractivity (Wildman–Crippen MR) is 47.9 cm³/mol. The molecule has 1 heterocycles. The quantitative estimate of drug-likeness (QED) is 0.649. The van der Waals surface area contributed by atoms with Gasteiger partial charge in [-0.3, -0.25) is 0 Å². The molecule has 0 aromatic rings. The summed E-state index contributed by atoms with van der Waals surface area (Å²) in [4.78, 5) is 0. The molecule has 0 amide bonds. The van der Waals surface area contributed by atoms with Crippen LogP contribution in [0, 0.1) is 0 Å². The summed E-state index contributed by atoms with van der Waals surface area (Å²) in [5.74, 6) is 0. The Balaban J connectivity index is 2.67. The third-order valence-corrected chi connectivity index (χ3v) is 4.35. The Hall–Kier alpha value is -0.170. The number of rotatable bonds is 3. The van der Waals surface area contributed by atoms with Crippen molar-refractivity contribution in [3.8, 4) is 0 Å². The summed E-state index contributed by atoms with van der Waals surface area (Å²) in [7, 11) is -3.31. The van der Waals surface area contributed by atoms with Crippen molar-refractivity contribution in [2.24, 2.45) is 0 Å². The lowest BCUT2D eigenvalue weighted by Crippen LogP contribution is -2.45. The molecule has 1 fully saturated rings. The van der Waals surface area contributed by atoms with Gasteiger partial charge in [0.15, 0.2) is 0 Å². The molecule has 0 aromatic carbocycles. The molecule has 1 rings (SSSR count). The van der Waals surface area contributed by atoms with E-state index in [2.05, 4.69) is 0 Å². The molecule has 1 aliphatic rings. The highest BCUT2D eigenvalue weighted by atomic mass is 32.2. The number of nitrogens with zero attached hydrogens (tertiary/aromatic N) is 1. The molecule has 1 unspecified atom stereocenters. The minimum absolute atomic E-state index is 0.334. The lowest BCUT2D eigenvalue weighted by Gasteiger charge is -2.28. The smallest absolute Gasteiger partial charge is 0.219 e. The highest BCUT2D eigenvalue weighted by molar-refractivity contribution is 7.89. The minimum atomic E-state index is -3.31. The van der Waals surface area contributed by atoms with Gasteiger partial charge in [-0.2, -0.15) is 4.31 Å². The average molecular weight is 209 g/mol. The van der Waals surface area contributed by atoms with Crippen molar-refractivity contribution in [2.75, 3.05) is 32.9 Å². The Morgan fingerprint density at radius 2 is 2.00 bits per heavy atom. The molecule has 1 aliphatic heterocycles. The molecular weight excluding hydrogens is 194 g/mol. The topological polar surface area (TPSA) is 66.8 Å². The van der Waals surface area contributed by atoms with Gasteiger partial charge >= 0.3 is 0 Å². The van der Waals surface area contributed by atoms with Crippen molar-refractivity contribution >= 4 is 10.0 Å². The van der Waals surface area contributed by atoms with Crippen molar-refractivity contribution in [3.05, 3.63) is 0 Å². The van der Waals surface area contributed by atoms with Crippen LogP contribution in [0.2, 0.25) is 0 Å². The molecule has 1 atom stereocenters. The number of hydrogen-bond donors (Lipinski definition) is 1. The van der Waals surface area contributed by atoms with Crippen molar-refractivity contribution in [1.82, 2.24) is 4.31 Å². The van der Waals surface area contributed by atoms with Crippen LogP contribution in [-0.2, 0) is 14.8 Å². The van der Waals surface area contributed by atoms with Gasteiger partial charge in [0.25, 0.3) is 0 Å². The molecule has 6 heteroatoms. The Kier molecular flexibility index (Phi) is 3.66. The average Bonchev–Trinajstić information content (AvgIpc) is 2.18. The fraction of sp³-hybridized carbons (Fsp3) is 1.00. The fourth-order valence-electron chi connectivity index (χ4n) is 1.15. The van der Waals surface area contributed by atoms with Crippen molar-refractivity contribution in [2.45, 2.75) is 12.2 Å². The molecule has 13 heavy (non-hydrogen) atoms. The fourth-order valence-corrected chi connectivity index (χ4v) is 2.51. The third kappa shape index (κ3) is 2.40. The van der Waals surface area contributed by atoms with Crippen molar-refractivity contribution < 1.29 is 18.3 Å². The molecule has 1 N–H and O–H groups in total. The normalized spacial score (nSPS) is 22.9. The molecule has 0 spiro atoms. The standard InChI is InChI=1S/C7H15NO4S/c1-7(6-9)13(10,11)8-2-4-12-5-3-8/h7,9H,2-6H2,1H3. The second-order valence-corrected chi connectivity index (χ2v) is 5.40. The first-order chi connectivity index (χ1) is 6.09. The molecule has 0 aromatic heterocycles. The predicted octanol–water partition coefficient (Wildman–Crippen LogP) is -0.971. The number of sulfonamides is 1. The number of aliphatic hydroxyl groups is 1. The van der Waals surface area contributed by atoms with Gasteiger partial charge in [-0.05, 0) is 6.92 Å². The Labute approximate surface area is 78.4 Å². The van der Waals surface area contributed by atoms with E-state index in [4.69, 9.17) is 9.84 Å². The first kappa shape index (κ1) is 10.9. The van der Waals surface area contributed by atoms with E-state index in [9.17, 15) is 8.42 Å². The zero-order valence-corrected chi connectivity index (χ0v) is 8.46. The Morgan fingerprint density at radius 1 is 1.46 bits per heavy atom. The van der Waals surface area contributed by atoms with Crippen LogP contribution in [0.1, 0.15) is 6.92 Å². The zero-order valence-electron chi connectivity index (χ0n) is 7.64. The summed E-state index contributed by atoms with van der Waals surface area (Å²) in [5.41, 5.74) is 0. The van der Waals surface area contributed by atoms with E-state index in [-0.39, 0.29) is 6.61 Å². The third-order valence-electron chi connectivity index (χ3n) is 2.10. The van der Waals surface area contributed by atoms with Crippen LogP contribution in [0.25, 0.3) is 0 Å². The second-order valence-electron chi connectivity index (χ2n) is 3.05. The molecule has 5 nitrogen and oxygen atoms in total. The highest BCUT2D eigenvalue weighted by Crippen LogP contribution is 2.10. The maximum Gasteiger partial charge on any atom is 0.219 e. The number of ether oxygens (including phenoxy) is 1. The van der Waals surface area contributed by atoms with Gasteiger partial charge in [-0.25, -0.2) is 8.42 Å². The largest absolute Gasteiger partial charge is 0.395 e. The number of hydrogen-bond acceptors (Lipinski definition) is 4. The molecule has 78 valence electrons. The van der Waals surface area contributed by atoms with Gasteiger partial charge in [0.1, 0.15) is 0 Å². The van der Waals surface area contributed by atoms with Crippen LogP contribution in [0.4, 0.5) is 0 Å². The Bertz CT molecular complexity index is 245. The van der Waals surface area contributed by atoms with Gasteiger partial charge in [-0.15, -0.1) is 0 Å². The van der Waals surface area contributed by atoms with E-state index in [1.54, 1.807) is 0 Å². The van der Waals surface area contributed by atoms with E-state index in [0.29, 0.717) is 26.3 Å². The summed E-state index contributed by atoms with van der Waals surface area (Å²) in [6, 6.07) is 0. The number of morpholine rings is 1. The van der Waals surface area contributed by atoms with Gasteiger partial charge in [0, 0.05) is 13.1 Å². The lowest BCUT2D eigenvalue weighted by atomic mass is 10.5. The summed E-state index contributed by atoms with van der Waals surface area (Å²) in [6.45, 7) is 2.85. The van der Waals surface area contributed by atoms with Crippen LogP contribution in [0.3, 0.4) is 0 Å². The van der Waals surface area contributed by atoms with Gasteiger partial charge in [0.05, 0.1) is 25.1 Å². The summed E-state index contributed by atoms with van der Waals surface area (Å²) in [5, 5.41) is 8.05. The molecule has 0 aliphatic carbocycles. The van der Waals surface area contributed by atoms with E-state index < -0.39 is 15.3 Å². The van der Waals surface area contributed by atoms with Crippen LogP contribution in [0.5, 0.6) is 0 Å². The maximum absolute atomic E-state index is 11.6. The van der Waals surface area contributed by atoms with Gasteiger partial charge < -0.3 is 9.84 Å². The van der Waals surface area contributed by atoms with Crippen LogP contribution in [-0.4, -0.2) is 56.0 Å². The molecule has 1 saturated heterocycles.